The first-order valence-corrected chi connectivity index (χ1v) is 6.75. The smallest absolute Gasteiger partial charge is 0.104 e. The van der Waals surface area contributed by atoms with Crippen molar-refractivity contribution < 1.29 is 0 Å². The number of likely N-dealkylation sites (N-methyl/N-ethyl adjacent to an activating group) is 1. The third-order valence-corrected chi connectivity index (χ3v) is 3.95. The van der Waals surface area contributed by atoms with Gasteiger partial charge in [-0.2, -0.15) is 8.75 Å². The van der Waals surface area contributed by atoms with E-state index in [1.165, 1.54) is 48.1 Å². The largest absolute Gasteiger partial charge is 0.302 e. The molecule has 0 aromatic carbocycles. The van der Waals surface area contributed by atoms with E-state index < -0.39 is 0 Å². The summed E-state index contributed by atoms with van der Waals surface area (Å²) in [6, 6.07) is 0. The van der Waals surface area contributed by atoms with Crippen molar-refractivity contribution in [3.05, 3.63) is 17.5 Å². The van der Waals surface area contributed by atoms with Crippen LogP contribution in [0.4, 0.5) is 0 Å². The average Bonchev–Trinajstić information content (AvgIpc) is 2.95. The normalized spacial score (nSPS) is 22.2. The summed E-state index contributed by atoms with van der Waals surface area (Å²) in [5, 5.41) is 0. The van der Waals surface area contributed by atoms with Gasteiger partial charge < -0.3 is 4.90 Å². The lowest BCUT2D eigenvalue weighted by Crippen LogP contribution is -2.25. The fourth-order valence-corrected chi connectivity index (χ4v) is 2.85. The Balaban J connectivity index is 1.81. The van der Waals surface area contributed by atoms with Crippen molar-refractivity contribution in [3.63, 3.8) is 0 Å². The SMILES string of the molecule is CN1CCC=C(c2nsnc2CC2CC2)C1. The van der Waals surface area contributed by atoms with E-state index in [9.17, 15) is 0 Å². The maximum absolute atomic E-state index is 4.49. The maximum atomic E-state index is 4.49. The van der Waals surface area contributed by atoms with Gasteiger partial charge in [0.2, 0.25) is 0 Å². The molecular weight excluding hydrogens is 218 g/mol. The van der Waals surface area contributed by atoms with Gasteiger partial charge in [0, 0.05) is 13.1 Å². The van der Waals surface area contributed by atoms with E-state index in [1.807, 2.05) is 0 Å². The molecule has 1 aliphatic carbocycles. The molecule has 1 aromatic heterocycles. The Morgan fingerprint density at radius 1 is 1.44 bits per heavy atom. The molecule has 1 aliphatic heterocycles. The molecule has 0 radical (unpaired) electrons. The minimum absolute atomic E-state index is 0.893. The molecule has 1 saturated carbocycles. The molecule has 0 amide bonds. The van der Waals surface area contributed by atoms with Gasteiger partial charge in [0.1, 0.15) is 5.69 Å². The van der Waals surface area contributed by atoms with Crippen molar-refractivity contribution in [1.29, 1.82) is 0 Å². The molecule has 2 aliphatic rings. The van der Waals surface area contributed by atoms with Crippen LogP contribution in [0.3, 0.4) is 0 Å². The molecule has 3 nitrogen and oxygen atoms in total. The summed E-state index contributed by atoms with van der Waals surface area (Å²) < 4.78 is 8.96. The molecule has 0 bridgehead atoms. The molecule has 2 heterocycles. The standard InChI is InChI=1S/C12H17N3S/c1-15-6-2-3-10(8-15)12-11(13-16-14-12)7-9-4-5-9/h3,9H,2,4-8H2,1H3. The topological polar surface area (TPSA) is 29.0 Å². The van der Waals surface area contributed by atoms with Crippen LogP contribution < -0.4 is 0 Å². The quantitative estimate of drug-likeness (QED) is 0.804. The summed E-state index contributed by atoms with van der Waals surface area (Å²) in [7, 11) is 2.17. The van der Waals surface area contributed by atoms with Crippen LogP contribution in [-0.2, 0) is 6.42 Å². The van der Waals surface area contributed by atoms with E-state index in [4.69, 9.17) is 0 Å². The molecule has 3 rings (SSSR count). The Morgan fingerprint density at radius 3 is 3.06 bits per heavy atom. The number of rotatable bonds is 3. The van der Waals surface area contributed by atoms with E-state index in [1.54, 1.807) is 0 Å². The highest BCUT2D eigenvalue weighted by Gasteiger charge is 2.26. The fraction of sp³-hybridized carbons (Fsp3) is 0.667. The zero-order valence-corrected chi connectivity index (χ0v) is 10.5. The summed E-state index contributed by atoms with van der Waals surface area (Å²) in [5.74, 6) is 0.893. The van der Waals surface area contributed by atoms with Crippen LogP contribution in [0.1, 0.15) is 30.7 Å². The van der Waals surface area contributed by atoms with Crippen LogP contribution in [0.2, 0.25) is 0 Å². The van der Waals surface area contributed by atoms with Gasteiger partial charge in [-0.1, -0.05) is 6.08 Å². The summed E-state index contributed by atoms with van der Waals surface area (Å²) in [6.07, 6.45) is 7.40. The molecule has 16 heavy (non-hydrogen) atoms. The molecule has 4 heteroatoms. The minimum Gasteiger partial charge on any atom is -0.302 e. The highest BCUT2D eigenvalue weighted by Crippen LogP contribution is 2.34. The van der Waals surface area contributed by atoms with Crippen molar-refractivity contribution in [2.75, 3.05) is 20.1 Å². The summed E-state index contributed by atoms with van der Waals surface area (Å²) >= 11 is 1.37. The molecule has 86 valence electrons. The zero-order chi connectivity index (χ0) is 11.0. The van der Waals surface area contributed by atoms with Gasteiger partial charge in [0.25, 0.3) is 0 Å². The molecule has 0 saturated heterocycles. The summed E-state index contributed by atoms with van der Waals surface area (Å²) in [5.41, 5.74) is 3.82. The van der Waals surface area contributed by atoms with Crippen LogP contribution in [0, 0.1) is 5.92 Å². The lowest BCUT2D eigenvalue weighted by Gasteiger charge is -2.22. The first-order valence-electron chi connectivity index (χ1n) is 6.02. The molecular formula is C12H17N3S. The van der Waals surface area contributed by atoms with Crippen LogP contribution in [0.15, 0.2) is 6.08 Å². The first kappa shape index (κ1) is 10.4. The van der Waals surface area contributed by atoms with Crippen molar-refractivity contribution in [2.24, 2.45) is 5.92 Å². The Hall–Kier alpha value is -0.740. The van der Waals surface area contributed by atoms with Crippen molar-refractivity contribution in [2.45, 2.75) is 25.7 Å². The number of hydrogen-bond donors (Lipinski definition) is 0. The first-order chi connectivity index (χ1) is 7.83. The van der Waals surface area contributed by atoms with Crippen LogP contribution in [0.5, 0.6) is 0 Å². The Labute approximate surface area is 101 Å². The van der Waals surface area contributed by atoms with E-state index in [-0.39, 0.29) is 0 Å². The second-order valence-electron chi connectivity index (χ2n) is 4.96. The van der Waals surface area contributed by atoms with Gasteiger partial charge in [0.15, 0.2) is 0 Å². The Kier molecular flexibility index (Phi) is 2.77. The molecule has 0 unspecified atom stereocenters. The van der Waals surface area contributed by atoms with Crippen LogP contribution in [0.25, 0.3) is 5.57 Å². The van der Waals surface area contributed by atoms with Crippen molar-refractivity contribution >= 4 is 17.3 Å². The number of nitrogens with zero attached hydrogens (tertiary/aromatic N) is 3. The van der Waals surface area contributed by atoms with Gasteiger partial charge in [-0.15, -0.1) is 0 Å². The molecule has 0 spiro atoms. The molecule has 1 aromatic rings. The van der Waals surface area contributed by atoms with E-state index in [0.29, 0.717) is 0 Å². The number of aromatic nitrogens is 2. The van der Waals surface area contributed by atoms with Crippen LogP contribution >= 0.6 is 11.7 Å². The lowest BCUT2D eigenvalue weighted by atomic mass is 10.0. The van der Waals surface area contributed by atoms with Gasteiger partial charge in [-0.05, 0) is 44.2 Å². The third kappa shape index (κ3) is 2.18. The van der Waals surface area contributed by atoms with Crippen molar-refractivity contribution in [3.8, 4) is 0 Å². The number of hydrogen-bond acceptors (Lipinski definition) is 4. The Bertz CT molecular complexity index is 406. The van der Waals surface area contributed by atoms with Gasteiger partial charge in [0.05, 0.1) is 17.4 Å². The van der Waals surface area contributed by atoms with E-state index >= 15 is 0 Å². The van der Waals surface area contributed by atoms with Crippen LogP contribution in [-0.4, -0.2) is 33.8 Å². The highest BCUT2D eigenvalue weighted by atomic mass is 32.1. The zero-order valence-electron chi connectivity index (χ0n) is 9.65. The molecule has 1 fully saturated rings. The van der Waals surface area contributed by atoms with E-state index in [2.05, 4.69) is 26.8 Å². The monoisotopic (exact) mass is 235 g/mol. The highest BCUT2D eigenvalue weighted by molar-refractivity contribution is 6.99. The molecule has 0 atom stereocenters. The minimum atomic E-state index is 0.893. The third-order valence-electron chi connectivity index (χ3n) is 3.38. The second kappa shape index (κ2) is 4.26. The fourth-order valence-electron chi connectivity index (χ4n) is 2.24. The summed E-state index contributed by atoms with van der Waals surface area (Å²) in [4.78, 5) is 2.36. The predicted molar refractivity (Wildman–Crippen MR) is 66.4 cm³/mol. The lowest BCUT2D eigenvalue weighted by molar-refractivity contribution is 0.372. The summed E-state index contributed by atoms with van der Waals surface area (Å²) in [6.45, 7) is 2.20. The predicted octanol–water partition coefficient (Wildman–Crippen LogP) is 2.21. The second-order valence-corrected chi connectivity index (χ2v) is 5.49. The average molecular weight is 235 g/mol. The molecule has 0 N–H and O–H groups in total. The van der Waals surface area contributed by atoms with Crippen molar-refractivity contribution in [1.82, 2.24) is 13.6 Å². The van der Waals surface area contributed by atoms with Gasteiger partial charge in [-0.25, -0.2) is 0 Å². The Morgan fingerprint density at radius 2 is 2.31 bits per heavy atom. The van der Waals surface area contributed by atoms with Gasteiger partial charge >= 0.3 is 0 Å². The van der Waals surface area contributed by atoms with Gasteiger partial charge in [-0.3, -0.25) is 0 Å². The maximum Gasteiger partial charge on any atom is 0.104 e. The van der Waals surface area contributed by atoms with E-state index in [0.717, 1.165) is 25.3 Å².